The summed E-state index contributed by atoms with van der Waals surface area (Å²) in [7, 11) is 0. The summed E-state index contributed by atoms with van der Waals surface area (Å²) in [5.74, 6) is -0.0549. The van der Waals surface area contributed by atoms with Crippen molar-refractivity contribution in [3.63, 3.8) is 0 Å². The molecule has 0 aliphatic carbocycles. The number of aromatic hydroxyl groups is 1. The van der Waals surface area contributed by atoms with Gasteiger partial charge in [0.05, 0.1) is 11.8 Å². The zero-order chi connectivity index (χ0) is 12.4. The Morgan fingerprint density at radius 2 is 2.06 bits per heavy atom. The van der Waals surface area contributed by atoms with E-state index in [4.69, 9.17) is 0 Å². The molecule has 1 fully saturated rings. The highest BCUT2D eigenvalue weighted by atomic mass is 16.3. The second-order valence-electron chi connectivity index (χ2n) is 4.61. The molecule has 5 nitrogen and oxygen atoms in total. The van der Waals surface area contributed by atoms with E-state index >= 15 is 0 Å². The van der Waals surface area contributed by atoms with Crippen molar-refractivity contribution in [2.24, 2.45) is 0 Å². The predicted octanol–water partition coefficient (Wildman–Crippen LogP) is 0.610. The molecule has 0 saturated carbocycles. The van der Waals surface area contributed by atoms with Gasteiger partial charge in [0, 0.05) is 31.4 Å². The van der Waals surface area contributed by atoms with Crippen LogP contribution in [-0.2, 0) is 0 Å². The van der Waals surface area contributed by atoms with Crippen LogP contribution in [0.5, 0.6) is 5.75 Å². The van der Waals surface area contributed by atoms with Crippen molar-refractivity contribution >= 4 is 5.91 Å². The fraction of sp³-hybridized carbons (Fsp3) is 0.500. The fourth-order valence-corrected chi connectivity index (χ4v) is 2.22. The van der Waals surface area contributed by atoms with Crippen molar-refractivity contribution in [1.29, 1.82) is 0 Å². The van der Waals surface area contributed by atoms with Crippen molar-refractivity contribution in [2.45, 2.75) is 25.9 Å². The van der Waals surface area contributed by atoms with Crippen molar-refractivity contribution in [2.75, 3.05) is 13.1 Å². The Hall–Kier alpha value is -1.62. The maximum Gasteiger partial charge on any atom is 0.255 e. The van der Waals surface area contributed by atoms with Gasteiger partial charge in [0.15, 0.2) is 0 Å². The minimum absolute atomic E-state index is 0.0204. The van der Waals surface area contributed by atoms with Crippen LogP contribution in [-0.4, -0.2) is 46.1 Å². The number of piperazine rings is 1. The minimum atomic E-state index is -0.0754. The van der Waals surface area contributed by atoms with E-state index in [1.165, 1.54) is 18.5 Å². The van der Waals surface area contributed by atoms with Gasteiger partial charge in [-0.25, -0.2) is 0 Å². The van der Waals surface area contributed by atoms with E-state index in [-0.39, 0.29) is 23.7 Å². The Balaban J connectivity index is 2.14. The molecule has 17 heavy (non-hydrogen) atoms. The number of nitrogens with zero attached hydrogens (tertiary/aromatic N) is 2. The molecule has 5 heteroatoms. The van der Waals surface area contributed by atoms with Gasteiger partial charge in [-0.15, -0.1) is 0 Å². The summed E-state index contributed by atoms with van der Waals surface area (Å²) in [4.78, 5) is 17.8. The zero-order valence-electron chi connectivity index (χ0n) is 10.1. The highest BCUT2D eigenvalue weighted by Gasteiger charge is 2.25. The average molecular weight is 235 g/mol. The SMILES string of the molecule is CC1CN(C(=O)c2cncc(O)c2)CC(C)N1. The smallest absolute Gasteiger partial charge is 0.255 e. The number of amides is 1. The Morgan fingerprint density at radius 1 is 1.41 bits per heavy atom. The molecule has 0 radical (unpaired) electrons. The molecule has 0 bridgehead atoms. The second-order valence-corrected chi connectivity index (χ2v) is 4.61. The lowest BCUT2D eigenvalue weighted by Gasteiger charge is -2.36. The number of pyridine rings is 1. The van der Waals surface area contributed by atoms with Crippen LogP contribution >= 0.6 is 0 Å². The molecule has 2 N–H and O–H groups in total. The maximum atomic E-state index is 12.2. The number of hydrogen-bond acceptors (Lipinski definition) is 4. The summed E-state index contributed by atoms with van der Waals surface area (Å²) < 4.78 is 0. The summed E-state index contributed by atoms with van der Waals surface area (Å²) in [5.41, 5.74) is 0.436. The number of hydrogen-bond donors (Lipinski definition) is 2. The van der Waals surface area contributed by atoms with Gasteiger partial charge >= 0.3 is 0 Å². The van der Waals surface area contributed by atoms with E-state index in [0.29, 0.717) is 18.7 Å². The monoisotopic (exact) mass is 235 g/mol. The summed E-state index contributed by atoms with van der Waals surface area (Å²) in [5, 5.41) is 12.7. The average Bonchev–Trinajstić information content (AvgIpc) is 2.26. The van der Waals surface area contributed by atoms with Crippen molar-refractivity contribution in [1.82, 2.24) is 15.2 Å². The van der Waals surface area contributed by atoms with E-state index in [2.05, 4.69) is 24.1 Å². The first kappa shape index (κ1) is 11.9. The molecule has 0 aromatic carbocycles. The van der Waals surface area contributed by atoms with Crippen LogP contribution in [0.3, 0.4) is 0 Å². The third-order valence-corrected chi connectivity index (χ3v) is 2.82. The molecule has 1 aliphatic heterocycles. The minimum Gasteiger partial charge on any atom is -0.506 e. The van der Waals surface area contributed by atoms with Gasteiger partial charge in [-0.2, -0.15) is 0 Å². The van der Waals surface area contributed by atoms with E-state index in [1.54, 1.807) is 4.90 Å². The van der Waals surface area contributed by atoms with Crippen molar-refractivity contribution in [3.05, 3.63) is 24.0 Å². The zero-order valence-corrected chi connectivity index (χ0v) is 10.1. The summed E-state index contributed by atoms with van der Waals surface area (Å²) >= 11 is 0. The first-order chi connectivity index (χ1) is 8.06. The maximum absolute atomic E-state index is 12.2. The number of nitrogens with one attached hydrogen (secondary N) is 1. The summed E-state index contributed by atoms with van der Waals surface area (Å²) in [6.07, 6.45) is 2.80. The second kappa shape index (κ2) is 4.71. The largest absolute Gasteiger partial charge is 0.506 e. The number of carbonyl (C=O) groups excluding carboxylic acids is 1. The van der Waals surface area contributed by atoms with E-state index in [9.17, 15) is 9.90 Å². The van der Waals surface area contributed by atoms with Crippen LogP contribution in [0, 0.1) is 0 Å². The molecule has 1 amide bonds. The predicted molar refractivity (Wildman–Crippen MR) is 63.9 cm³/mol. The van der Waals surface area contributed by atoms with Crippen LogP contribution < -0.4 is 5.32 Å². The van der Waals surface area contributed by atoms with E-state index in [1.807, 2.05) is 0 Å². The number of aromatic nitrogens is 1. The highest BCUT2D eigenvalue weighted by Crippen LogP contribution is 2.13. The van der Waals surface area contributed by atoms with Gasteiger partial charge in [-0.05, 0) is 19.9 Å². The molecule has 1 saturated heterocycles. The van der Waals surface area contributed by atoms with Gasteiger partial charge in [0.25, 0.3) is 5.91 Å². The molecule has 1 aromatic heterocycles. The Labute approximate surface area is 100 Å². The standard InChI is InChI=1S/C12H17N3O2/c1-8-6-15(7-9(2)14-8)12(17)10-3-11(16)5-13-4-10/h3-5,8-9,14,16H,6-7H2,1-2H3. The number of carbonyl (C=O) groups is 1. The summed E-state index contributed by atoms with van der Waals surface area (Å²) in [6, 6.07) is 2.02. The van der Waals surface area contributed by atoms with Crippen LogP contribution in [0.25, 0.3) is 0 Å². The Kier molecular flexibility index (Phi) is 3.28. The third-order valence-electron chi connectivity index (χ3n) is 2.82. The third kappa shape index (κ3) is 2.74. The van der Waals surface area contributed by atoms with Crippen LogP contribution in [0.1, 0.15) is 24.2 Å². The summed E-state index contributed by atoms with van der Waals surface area (Å²) in [6.45, 7) is 5.46. The Bertz CT molecular complexity index is 412. The van der Waals surface area contributed by atoms with E-state index < -0.39 is 0 Å². The van der Waals surface area contributed by atoms with Gasteiger partial charge in [0.2, 0.25) is 0 Å². The van der Waals surface area contributed by atoms with Crippen LogP contribution in [0.4, 0.5) is 0 Å². The van der Waals surface area contributed by atoms with Crippen LogP contribution in [0.15, 0.2) is 18.5 Å². The highest BCUT2D eigenvalue weighted by molar-refractivity contribution is 5.94. The molecule has 2 rings (SSSR count). The normalized spacial score (nSPS) is 24.7. The lowest BCUT2D eigenvalue weighted by molar-refractivity contribution is 0.0673. The van der Waals surface area contributed by atoms with Gasteiger partial charge in [-0.1, -0.05) is 0 Å². The van der Waals surface area contributed by atoms with Crippen molar-refractivity contribution in [3.8, 4) is 5.75 Å². The first-order valence-electron chi connectivity index (χ1n) is 5.75. The van der Waals surface area contributed by atoms with Gasteiger partial charge < -0.3 is 15.3 Å². The molecule has 2 atom stereocenters. The lowest BCUT2D eigenvalue weighted by Crippen LogP contribution is -2.55. The van der Waals surface area contributed by atoms with Gasteiger partial charge in [-0.3, -0.25) is 9.78 Å². The first-order valence-corrected chi connectivity index (χ1v) is 5.75. The topological polar surface area (TPSA) is 65.5 Å². The van der Waals surface area contributed by atoms with Gasteiger partial charge in [0.1, 0.15) is 5.75 Å². The fourth-order valence-electron chi connectivity index (χ4n) is 2.22. The molecular weight excluding hydrogens is 218 g/mol. The molecule has 92 valence electrons. The Morgan fingerprint density at radius 3 is 2.65 bits per heavy atom. The lowest BCUT2D eigenvalue weighted by atomic mass is 10.1. The molecule has 2 unspecified atom stereocenters. The van der Waals surface area contributed by atoms with Crippen LogP contribution in [0.2, 0.25) is 0 Å². The quantitative estimate of drug-likeness (QED) is 0.748. The molecule has 2 heterocycles. The molecule has 0 spiro atoms. The molecule has 1 aromatic rings. The molecule has 1 aliphatic rings. The molecular formula is C12H17N3O2. The van der Waals surface area contributed by atoms with Crippen molar-refractivity contribution < 1.29 is 9.90 Å². The number of rotatable bonds is 1. The van der Waals surface area contributed by atoms with E-state index in [0.717, 1.165) is 0 Å².